The molecule has 0 saturated carbocycles. The first-order valence-corrected chi connectivity index (χ1v) is 9.21. The summed E-state index contributed by atoms with van der Waals surface area (Å²) >= 11 is 1.74. The van der Waals surface area contributed by atoms with E-state index in [1.54, 1.807) is 22.5 Å². The second-order valence-corrected chi connectivity index (χ2v) is 7.77. The summed E-state index contributed by atoms with van der Waals surface area (Å²) in [6, 6.07) is 4.35. The average molecular weight is 344 g/mol. The summed E-state index contributed by atoms with van der Waals surface area (Å²) in [6.45, 7) is 6.64. The molecule has 0 bridgehead atoms. The van der Waals surface area contributed by atoms with E-state index < -0.39 is 0 Å². The van der Waals surface area contributed by atoms with E-state index in [0.717, 1.165) is 35.8 Å². The molecule has 0 aliphatic carbocycles. The number of hydrogen-bond acceptors (Lipinski definition) is 4. The van der Waals surface area contributed by atoms with Crippen molar-refractivity contribution >= 4 is 28.3 Å². The third kappa shape index (κ3) is 2.76. The Hall–Kier alpha value is -2.05. The molecule has 0 aromatic carbocycles. The zero-order valence-electron chi connectivity index (χ0n) is 13.9. The summed E-state index contributed by atoms with van der Waals surface area (Å²) in [4.78, 5) is 15.5. The third-order valence-corrected chi connectivity index (χ3v) is 5.95. The summed E-state index contributed by atoms with van der Waals surface area (Å²) in [7, 11) is 0. The average Bonchev–Trinajstić information content (AvgIpc) is 3.19. The van der Waals surface area contributed by atoms with Crippen molar-refractivity contribution in [1.29, 1.82) is 0 Å². The summed E-state index contributed by atoms with van der Waals surface area (Å²) in [5.74, 6) is 0.807. The highest BCUT2D eigenvalue weighted by atomic mass is 32.1. The fraction of sp³-hybridized carbons (Fsp3) is 0.389. The number of carbonyl (C=O) groups is 1. The summed E-state index contributed by atoms with van der Waals surface area (Å²) in [5, 5.41) is 7.47. The number of hydrogen-bond donors (Lipinski definition) is 3. The molecule has 24 heavy (non-hydrogen) atoms. The van der Waals surface area contributed by atoms with Gasteiger partial charge in [0.1, 0.15) is 23.5 Å². The largest absolute Gasteiger partial charge is 0.465 e. The van der Waals surface area contributed by atoms with Gasteiger partial charge in [-0.1, -0.05) is 0 Å². The fourth-order valence-corrected chi connectivity index (χ4v) is 4.73. The second kappa shape index (κ2) is 6.11. The van der Waals surface area contributed by atoms with Gasteiger partial charge in [-0.25, -0.2) is 0 Å². The molecule has 5 nitrogen and oxygen atoms in total. The SMILES string of the molecule is CC(C)[NH+]1CCc2c(sc3c2C(=O)N[C@@H](/C=C/c2ccco2)N3)C1. The molecule has 2 aromatic heterocycles. The van der Waals surface area contributed by atoms with Crippen molar-refractivity contribution in [2.45, 2.75) is 39.0 Å². The first-order chi connectivity index (χ1) is 11.6. The molecule has 1 unspecified atom stereocenters. The maximum Gasteiger partial charge on any atom is 0.256 e. The molecule has 2 atom stereocenters. The number of quaternary nitrogens is 1. The molecule has 0 radical (unpaired) electrons. The van der Waals surface area contributed by atoms with Gasteiger partial charge >= 0.3 is 0 Å². The van der Waals surface area contributed by atoms with Gasteiger partial charge in [-0.3, -0.25) is 4.79 Å². The molecule has 3 N–H and O–H groups in total. The number of nitrogens with one attached hydrogen (secondary N) is 3. The van der Waals surface area contributed by atoms with Gasteiger partial charge < -0.3 is 20.0 Å². The van der Waals surface area contributed by atoms with Gasteiger partial charge in [0.05, 0.1) is 29.3 Å². The van der Waals surface area contributed by atoms with Crippen molar-refractivity contribution in [2.75, 3.05) is 11.9 Å². The lowest BCUT2D eigenvalue weighted by molar-refractivity contribution is -0.936. The molecule has 4 rings (SSSR count). The van der Waals surface area contributed by atoms with Gasteiger partial charge in [0, 0.05) is 6.42 Å². The van der Waals surface area contributed by atoms with Crippen LogP contribution in [0.1, 0.15) is 40.4 Å². The van der Waals surface area contributed by atoms with E-state index in [2.05, 4.69) is 24.5 Å². The molecule has 6 heteroatoms. The molecule has 0 saturated heterocycles. The Balaban J connectivity index is 1.57. The van der Waals surface area contributed by atoms with E-state index in [1.165, 1.54) is 10.4 Å². The first kappa shape index (κ1) is 15.5. The first-order valence-electron chi connectivity index (χ1n) is 8.40. The van der Waals surface area contributed by atoms with E-state index in [1.807, 2.05) is 24.3 Å². The molecule has 126 valence electrons. The van der Waals surface area contributed by atoms with Crippen LogP contribution in [0.2, 0.25) is 0 Å². The minimum Gasteiger partial charge on any atom is -0.465 e. The molecule has 2 aliphatic rings. The number of thiophene rings is 1. The van der Waals surface area contributed by atoms with Crippen LogP contribution in [0.3, 0.4) is 0 Å². The van der Waals surface area contributed by atoms with Crippen LogP contribution in [0.25, 0.3) is 6.08 Å². The van der Waals surface area contributed by atoms with Gasteiger partial charge in [-0.05, 0) is 43.7 Å². The highest BCUT2D eigenvalue weighted by Gasteiger charge is 2.34. The van der Waals surface area contributed by atoms with E-state index in [-0.39, 0.29) is 12.1 Å². The standard InChI is InChI=1S/C18H21N3O2S/c1-11(2)21-8-7-13-14(10-21)24-18-16(13)17(22)19-15(20-18)6-5-12-4-3-9-23-12/h3-6,9,11,15,20H,7-8,10H2,1-2H3,(H,19,22)/p+1/b6-5+/t15-/m1/s1. The van der Waals surface area contributed by atoms with Crippen molar-refractivity contribution < 1.29 is 14.1 Å². The van der Waals surface area contributed by atoms with Crippen molar-refractivity contribution in [2.24, 2.45) is 0 Å². The van der Waals surface area contributed by atoms with Gasteiger partial charge in [0.15, 0.2) is 0 Å². The van der Waals surface area contributed by atoms with E-state index in [9.17, 15) is 4.79 Å². The molecule has 4 heterocycles. The Kier molecular flexibility index (Phi) is 3.94. The number of rotatable bonds is 3. The summed E-state index contributed by atoms with van der Waals surface area (Å²) in [6.07, 6.45) is 6.21. The van der Waals surface area contributed by atoms with E-state index in [4.69, 9.17) is 4.42 Å². The molecular weight excluding hydrogens is 322 g/mol. The van der Waals surface area contributed by atoms with Crippen LogP contribution >= 0.6 is 11.3 Å². The molecule has 0 fully saturated rings. The van der Waals surface area contributed by atoms with Crippen LogP contribution < -0.4 is 15.5 Å². The number of furan rings is 1. The topological polar surface area (TPSA) is 58.7 Å². The normalized spacial score (nSPS) is 23.0. The zero-order chi connectivity index (χ0) is 16.7. The maximum atomic E-state index is 12.6. The van der Waals surface area contributed by atoms with E-state index >= 15 is 0 Å². The van der Waals surface area contributed by atoms with Crippen LogP contribution in [0.4, 0.5) is 5.00 Å². The van der Waals surface area contributed by atoms with Crippen molar-refractivity contribution in [3.05, 3.63) is 46.2 Å². The Morgan fingerprint density at radius 2 is 2.29 bits per heavy atom. The van der Waals surface area contributed by atoms with Gasteiger partial charge in [-0.15, -0.1) is 11.3 Å². The quantitative estimate of drug-likeness (QED) is 0.797. The van der Waals surface area contributed by atoms with Crippen LogP contribution in [-0.2, 0) is 13.0 Å². The van der Waals surface area contributed by atoms with Crippen molar-refractivity contribution in [3.8, 4) is 0 Å². The monoisotopic (exact) mass is 344 g/mol. The lowest BCUT2D eigenvalue weighted by Crippen LogP contribution is -3.14. The Labute approximate surface area is 145 Å². The molecular formula is C18H22N3O2S+. The van der Waals surface area contributed by atoms with E-state index in [0.29, 0.717) is 6.04 Å². The molecule has 1 amide bonds. The molecule has 0 spiro atoms. The van der Waals surface area contributed by atoms with Crippen LogP contribution in [0.5, 0.6) is 0 Å². The smallest absolute Gasteiger partial charge is 0.256 e. The zero-order valence-corrected chi connectivity index (χ0v) is 14.7. The van der Waals surface area contributed by atoms with Crippen LogP contribution in [0, 0.1) is 0 Å². The Morgan fingerprint density at radius 3 is 3.04 bits per heavy atom. The Morgan fingerprint density at radius 1 is 1.42 bits per heavy atom. The third-order valence-electron chi connectivity index (χ3n) is 4.79. The predicted octanol–water partition coefficient (Wildman–Crippen LogP) is 1.89. The highest BCUT2D eigenvalue weighted by Crippen LogP contribution is 2.36. The molecule has 2 aliphatic heterocycles. The summed E-state index contributed by atoms with van der Waals surface area (Å²) in [5.41, 5.74) is 2.11. The minimum atomic E-state index is -0.205. The molecule has 2 aromatic rings. The maximum absolute atomic E-state index is 12.6. The van der Waals surface area contributed by atoms with Gasteiger partial charge in [0.25, 0.3) is 5.91 Å². The summed E-state index contributed by atoms with van der Waals surface area (Å²) < 4.78 is 5.29. The van der Waals surface area contributed by atoms with Crippen LogP contribution in [0.15, 0.2) is 28.9 Å². The lowest BCUT2D eigenvalue weighted by atomic mass is 10.0. The number of amides is 1. The Bertz CT molecular complexity index is 777. The fourth-order valence-electron chi connectivity index (χ4n) is 3.40. The van der Waals surface area contributed by atoms with Crippen LogP contribution in [-0.4, -0.2) is 24.7 Å². The van der Waals surface area contributed by atoms with Crippen molar-refractivity contribution in [1.82, 2.24) is 5.32 Å². The van der Waals surface area contributed by atoms with Gasteiger partial charge in [-0.2, -0.15) is 0 Å². The number of anilines is 1. The second-order valence-electron chi connectivity index (χ2n) is 6.67. The highest BCUT2D eigenvalue weighted by molar-refractivity contribution is 7.16. The minimum absolute atomic E-state index is 0.0309. The van der Waals surface area contributed by atoms with Gasteiger partial charge in [0.2, 0.25) is 0 Å². The number of fused-ring (bicyclic) bond motifs is 3. The predicted molar refractivity (Wildman–Crippen MR) is 95.3 cm³/mol. The number of carbonyl (C=O) groups excluding carboxylic acids is 1. The van der Waals surface area contributed by atoms with Crippen molar-refractivity contribution in [3.63, 3.8) is 0 Å². The lowest BCUT2D eigenvalue weighted by Gasteiger charge is -2.28.